The fourth-order valence-electron chi connectivity index (χ4n) is 3.48. The van der Waals surface area contributed by atoms with Gasteiger partial charge in [-0.1, -0.05) is 0 Å². The van der Waals surface area contributed by atoms with Gasteiger partial charge in [0.15, 0.2) is 0 Å². The molecule has 0 aromatic carbocycles. The molecule has 0 aliphatic carbocycles. The minimum atomic E-state index is 0.169. The smallest absolute Gasteiger partial charge is 0.317 e. The van der Waals surface area contributed by atoms with Crippen LogP contribution in [0.1, 0.15) is 32.1 Å². The number of piperidine rings is 1. The SMILES string of the molecule is O=C1NCCCN1C1CCN2CCCC2C1. The maximum atomic E-state index is 11.8. The van der Waals surface area contributed by atoms with E-state index < -0.39 is 0 Å². The van der Waals surface area contributed by atoms with E-state index in [1.807, 2.05) is 0 Å². The average Bonchev–Trinajstić information content (AvgIpc) is 2.76. The van der Waals surface area contributed by atoms with Crippen LogP contribution in [0.25, 0.3) is 0 Å². The maximum Gasteiger partial charge on any atom is 0.317 e. The molecule has 4 heteroatoms. The van der Waals surface area contributed by atoms with Crippen molar-refractivity contribution in [2.75, 3.05) is 26.2 Å². The number of amides is 2. The van der Waals surface area contributed by atoms with Crippen LogP contribution in [0.15, 0.2) is 0 Å². The molecule has 4 nitrogen and oxygen atoms in total. The summed E-state index contributed by atoms with van der Waals surface area (Å²) in [5, 5.41) is 2.96. The minimum absolute atomic E-state index is 0.169. The van der Waals surface area contributed by atoms with E-state index in [9.17, 15) is 4.79 Å². The van der Waals surface area contributed by atoms with Gasteiger partial charge in [0.25, 0.3) is 0 Å². The van der Waals surface area contributed by atoms with Gasteiger partial charge in [-0.15, -0.1) is 0 Å². The van der Waals surface area contributed by atoms with Crippen molar-refractivity contribution in [3.63, 3.8) is 0 Å². The number of nitrogens with one attached hydrogen (secondary N) is 1. The Morgan fingerprint density at radius 3 is 2.88 bits per heavy atom. The molecule has 3 aliphatic heterocycles. The Labute approximate surface area is 97.0 Å². The molecule has 0 aromatic heterocycles. The molecule has 3 fully saturated rings. The number of carbonyl (C=O) groups excluding carboxylic acids is 1. The van der Waals surface area contributed by atoms with Gasteiger partial charge in [-0.25, -0.2) is 4.79 Å². The number of rotatable bonds is 1. The number of fused-ring (bicyclic) bond motifs is 1. The van der Waals surface area contributed by atoms with Gasteiger partial charge in [0.2, 0.25) is 0 Å². The molecular formula is C12H21N3O. The molecule has 16 heavy (non-hydrogen) atoms. The van der Waals surface area contributed by atoms with Gasteiger partial charge in [0.05, 0.1) is 0 Å². The van der Waals surface area contributed by atoms with Crippen molar-refractivity contribution < 1.29 is 4.79 Å². The van der Waals surface area contributed by atoms with Gasteiger partial charge < -0.3 is 15.1 Å². The average molecular weight is 223 g/mol. The lowest BCUT2D eigenvalue weighted by Gasteiger charge is -2.42. The lowest BCUT2D eigenvalue weighted by molar-refractivity contribution is 0.0946. The lowest BCUT2D eigenvalue weighted by Crippen LogP contribution is -2.55. The van der Waals surface area contributed by atoms with E-state index in [0.717, 1.165) is 25.6 Å². The molecule has 90 valence electrons. The fraction of sp³-hybridized carbons (Fsp3) is 0.917. The molecule has 3 rings (SSSR count). The summed E-state index contributed by atoms with van der Waals surface area (Å²) in [6.45, 7) is 4.30. The first-order valence-electron chi connectivity index (χ1n) is 6.63. The summed E-state index contributed by atoms with van der Waals surface area (Å²) in [6, 6.07) is 1.43. The Morgan fingerprint density at radius 2 is 2.00 bits per heavy atom. The molecule has 3 saturated heterocycles. The highest BCUT2D eigenvalue weighted by Crippen LogP contribution is 2.29. The first-order chi connectivity index (χ1) is 7.84. The van der Waals surface area contributed by atoms with E-state index in [4.69, 9.17) is 0 Å². The normalized spacial score (nSPS) is 36.0. The summed E-state index contributed by atoms with van der Waals surface area (Å²) in [4.78, 5) is 16.5. The zero-order valence-corrected chi connectivity index (χ0v) is 9.82. The van der Waals surface area contributed by atoms with E-state index in [-0.39, 0.29) is 6.03 Å². The van der Waals surface area contributed by atoms with Crippen molar-refractivity contribution in [1.82, 2.24) is 15.1 Å². The van der Waals surface area contributed by atoms with Gasteiger partial charge in [-0.3, -0.25) is 0 Å². The Kier molecular flexibility index (Phi) is 2.75. The highest BCUT2D eigenvalue weighted by molar-refractivity contribution is 5.75. The lowest BCUT2D eigenvalue weighted by atomic mass is 9.96. The van der Waals surface area contributed by atoms with Crippen molar-refractivity contribution in [2.24, 2.45) is 0 Å². The minimum Gasteiger partial charge on any atom is -0.338 e. The van der Waals surface area contributed by atoms with Gasteiger partial charge in [-0.2, -0.15) is 0 Å². The Bertz CT molecular complexity index is 281. The molecule has 1 N–H and O–H groups in total. The molecule has 2 unspecified atom stereocenters. The van der Waals surface area contributed by atoms with Crippen molar-refractivity contribution in [2.45, 2.75) is 44.2 Å². The van der Waals surface area contributed by atoms with E-state index in [1.165, 1.54) is 38.8 Å². The van der Waals surface area contributed by atoms with E-state index >= 15 is 0 Å². The summed E-state index contributed by atoms with van der Waals surface area (Å²) in [6.07, 6.45) is 6.17. The Hall–Kier alpha value is -0.770. The van der Waals surface area contributed by atoms with Crippen LogP contribution in [0.2, 0.25) is 0 Å². The number of carbonyl (C=O) groups is 1. The largest absolute Gasteiger partial charge is 0.338 e. The van der Waals surface area contributed by atoms with Crippen molar-refractivity contribution in [3.05, 3.63) is 0 Å². The molecule has 0 bridgehead atoms. The van der Waals surface area contributed by atoms with Crippen LogP contribution in [-0.4, -0.2) is 54.1 Å². The highest BCUT2D eigenvalue weighted by atomic mass is 16.2. The molecule has 3 aliphatic rings. The van der Waals surface area contributed by atoms with Gasteiger partial charge in [-0.05, 0) is 38.6 Å². The standard InChI is InChI=1S/C12H21N3O/c16-12-13-5-2-7-15(12)11-4-8-14-6-1-3-10(14)9-11/h10-11H,1-9H2,(H,13,16). The maximum absolute atomic E-state index is 11.8. The zero-order chi connectivity index (χ0) is 11.0. The monoisotopic (exact) mass is 223 g/mol. The number of hydrogen-bond donors (Lipinski definition) is 1. The first-order valence-corrected chi connectivity index (χ1v) is 6.63. The van der Waals surface area contributed by atoms with Crippen LogP contribution in [0.5, 0.6) is 0 Å². The number of nitrogens with zero attached hydrogens (tertiary/aromatic N) is 2. The predicted octanol–water partition coefficient (Wildman–Crippen LogP) is 1.03. The van der Waals surface area contributed by atoms with E-state index in [2.05, 4.69) is 15.1 Å². The van der Waals surface area contributed by atoms with Crippen LogP contribution in [0, 0.1) is 0 Å². The van der Waals surface area contributed by atoms with Gasteiger partial charge in [0.1, 0.15) is 0 Å². The summed E-state index contributed by atoms with van der Waals surface area (Å²) >= 11 is 0. The topological polar surface area (TPSA) is 35.6 Å². The molecule has 0 aromatic rings. The Morgan fingerprint density at radius 1 is 1.06 bits per heavy atom. The van der Waals surface area contributed by atoms with Crippen LogP contribution >= 0.6 is 0 Å². The van der Waals surface area contributed by atoms with Crippen molar-refractivity contribution >= 4 is 6.03 Å². The number of hydrogen-bond acceptors (Lipinski definition) is 2. The van der Waals surface area contributed by atoms with Crippen LogP contribution in [0.3, 0.4) is 0 Å². The third kappa shape index (κ3) is 1.79. The first kappa shape index (κ1) is 10.4. The second kappa shape index (κ2) is 4.24. The number of urea groups is 1. The highest BCUT2D eigenvalue weighted by Gasteiger charge is 2.36. The molecule has 2 amide bonds. The fourth-order valence-corrected chi connectivity index (χ4v) is 3.48. The third-order valence-corrected chi connectivity index (χ3v) is 4.35. The molecule has 0 radical (unpaired) electrons. The predicted molar refractivity (Wildman–Crippen MR) is 62.3 cm³/mol. The molecule has 3 heterocycles. The van der Waals surface area contributed by atoms with E-state index in [1.54, 1.807) is 0 Å². The van der Waals surface area contributed by atoms with Gasteiger partial charge >= 0.3 is 6.03 Å². The van der Waals surface area contributed by atoms with E-state index in [0.29, 0.717) is 6.04 Å². The third-order valence-electron chi connectivity index (χ3n) is 4.35. The second-order valence-corrected chi connectivity index (χ2v) is 5.29. The van der Waals surface area contributed by atoms with Crippen LogP contribution < -0.4 is 5.32 Å². The quantitative estimate of drug-likeness (QED) is 0.720. The van der Waals surface area contributed by atoms with Crippen molar-refractivity contribution in [1.29, 1.82) is 0 Å². The molecule has 2 atom stereocenters. The van der Waals surface area contributed by atoms with Crippen LogP contribution in [-0.2, 0) is 0 Å². The summed E-state index contributed by atoms with van der Waals surface area (Å²) in [5.74, 6) is 0. The molecule has 0 saturated carbocycles. The summed E-state index contributed by atoms with van der Waals surface area (Å²) < 4.78 is 0. The van der Waals surface area contributed by atoms with Gasteiger partial charge in [0, 0.05) is 31.7 Å². The summed E-state index contributed by atoms with van der Waals surface area (Å²) in [7, 11) is 0. The van der Waals surface area contributed by atoms with Crippen LogP contribution in [0.4, 0.5) is 4.79 Å². The Balaban J connectivity index is 1.64. The molecular weight excluding hydrogens is 202 g/mol. The second-order valence-electron chi connectivity index (χ2n) is 5.29. The van der Waals surface area contributed by atoms with Crippen molar-refractivity contribution in [3.8, 4) is 0 Å². The molecule has 0 spiro atoms. The zero-order valence-electron chi connectivity index (χ0n) is 9.82. The summed E-state index contributed by atoms with van der Waals surface area (Å²) in [5.41, 5.74) is 0.